The predicted molar refractivity (Wildman–Crippen MR) is 77.1 cm³/mol. The van der Waals surface area contributed by atoms with E-state index in [1.54, 1.807) is 24.3 Å². The van der Waals surface area contributed by atoms with Crippen LogP contribution in [0.25, 0.3) is 0 Å². The minimum Gasteiger partial charge on any atom is -0.396 e. The van der Waals surface area contributed by atoms with Gasteiger partial charge in [-0.25, -0.2) is 4.98 Å². The molecule has 3 nitrogen and oxygen atoms in total. The van der Waals surface area contributed by atoms with Crippen LogP contribution in [-0.2, 0) is 12.8 Å². The molecule has 0 saturated heterocycles. The summed E-state index contributed by atoms with van der Waals surface area (Å²) in [6, 6.07) is 6.86. The van der Waals surface area contributed by atoms with Crippen LogP contribution < -0.4 is 0 Å². The van der Waals surface area contributed by atoms with E-state index in [1.165, 1.54) is 11.3 Å². The van der Waals surface area contributed by atoms with E-state index in [2.05, 4.69) is 4.98 Å². The molecule has 1 aromatic heterocycles. The molecule has 0 amide bonds. The minimum absolute atomic E-state index is 0.0287. The molecule has 100 valence electrons. The first-order chi connectivity index (χ1) is 9.10. The van der Waals surface area contributed by atoms with Crippen LogP contribution in [0.1, 0.15) is 25.9 Å². The highest BCUT2D eigenvalue weighted by Crippen LogP contribution is 2.20. The Morgan fingerprint density at radius 3 is 2.68 bits per heavy atom. The van der Waals surface area contributed by atoms with Gasteiger partial charge in [0, 0.05) is 28.5 Å². The lowest BCUT2D eigenvalue weighted by Crippen LogP contribution is -2.02. The molecule has 0 unspecified atom stereocenters. The first-order valence-corrected chi connectivity index (χ1v) is 7.14. The largest absolute Gasteiger partial charge is 0.396 e. The van der Waals surface area contributed by atoms with Crippen LogP contribution in [0.2, 0.25) is 5.02 Å². The van der Waals surface area contributed by atoms with Gasteiger partial charge in [0.1, 0.15) is 5.01 Å². The number of carbonyl (C=O) groups excluding carboxylic acids is 1. The van der Waals surface area contributed by atoms with Crippen LogP contribution in [0.4, 0.5) is 0 Å². The fraction of sp³-hybridized carbons (Fsp3) is 0.286. The summed E-state index contributed by atoms with van der Waals surface area (Å²) < 4.78 is 0. The molecule has 2 aromatic rings. The van der Waals surface area contributed by atoms with Gasteiger partial charge in [-0.05, 0) is 31.2 Å². The van der Waals surface area contributed by atoms with Crippen molar-refractivity contribution >= 4 is 28.7 Å². The highest BCUT2D eigenvalue weighted by molar-refractivity contribution is 7.11. The summed E-state index contributed by atoms with van der Waals surface area (Å²) in [5, 5.41) is 10.3. The second-order valence-electron chi connectivity index (χ2n) is 4.20. The van der Waals surface area contributed by atoms with Crippen LogP contribution >= 0.6 is 22.9 Å². The standard InChI is InChI=1S/C14H14ClNO2S/c1-9-13(6-7-17)19-14(16-9)8-12(18)10-2-4-11(15)5-3-10/h2-5,17H,6-8H2,1H3. The van der Waals surface area contributed by atoms with Crippen molar-refractivity contribution in [1.82, 2.24) is 4.98 Å². The zero-order valence-corrected chi connectivity index (χ0v) is 12.1. The Balaban J connectivity index is 2.10. The molecule has 0 atom stereocenters. The van der Waals surface area contributed by atoms with Crippen molar-refractivity contribution in [2.45, 2.75) is 19.8 Å². The number of rotatable bonds is 5. The van der Waals surface area contributed by atoms with Gasteiger partial charge in [-0.15, -0.1) is 11.3 Å². The Hall–Kier alpha value is -1.23. The minimum atomic E-state index is 0.0287. The first-order valence-electron chi connectivity index (χ1n) is 5.95. The Labute approximate surface area is 120 Å². The van der Waals surface area contributed by atoms with Crippen molar-refractivity contribution in [3.63, 3.8) is 0 Å². The maximum Gasteiger partial charge on any atom is 0.169 e. The Morgan fingerprint density at radius 2 is 2.05 bits per heavy atom. The number of Topliss-reactive ketones (excluding diaryl/α,β-unsaturated/α-hetero) is 1. The van der Waals surface area contributed by atoms with Gasteiger partial charge in [-0.1, -0.05) is 11.6 Å². The lowest BCUT2D eigenvalue weighted by molar-refractivity contribution is 0.0993. The molecule has 5 heteroatoms. The fourth-order valence-electron chi connectivity index (χ4n) is 1.77. The van der Waals surface area contributed by atoms with Crippen molar-refractivity contribution in [3.8, 4) is 0 Å². The summed E-state index contributed by atoms with van der Waals surface area (Å²) in [6.07, 6.45) is 0.886. The molecule has 0 fully saturated rings. The first kappa shape index (κ1) is 14.2. The second-order valence-corrected chi connectivity index (χ2v) is 5.80. The molecule has 0 aliphatic rings. The third-order valence-corrected chi connectivity index (χ3v) is 4.22. The van der Waals surface area contributed by atoms with Gasteiger partial charge in [0.2, 0.25) is 0 Å². The monoisotopic (exact) mass is 295 g/mol. The van der Waals surface area contributed by atoms with Crippen LogP contribution in [0.15, 0.2) is 24.3 Å². The van der Waals surface area contributed by atoms with Gasteiger partial charge in [0.15, 0.2) is 5.78 Å². The van der Waals surface area contributed by atoms with Crippen molar-refractivity contribution in [2.24, 2.45) is 0 Å². The van der Waals surface area contributed by atoms with Crippen LogP contribution in [0, 0.1) is 6.92 Å². The van der Waals surface area contributed by atoms with Gasteiger partial charge in [-0.3, -0.25) is 4.79 Å². The van der Waals surface area contributed by atoms with E-state index >= 15 is 0 Å². The molecule has 0 bridgehead atoms. The number of ketones is 1. The van der Waals surface area contributed by atoms with Gasteiger partial charge >= 0.3 is 0 Å². The summed E-state index contributed by atoms with van der Waals surface area (Å²) in [5.41, 5.74) is 1.54. The second kappa shape index (κ2) is 6.28. The summed E-state index contributed by atoms with van der Waals surface area (Å²) in [6.45, 7) is 2.01. The number of carbonyl (C=O) groups is 1. The molecule has 0 radical (unpaired) electrons. The van der Waals surface area contributed by atoms with Crippen molar-refractivity contribution in [3.05, 3.63) is 50.4 Å². The highest BCUT2D eigenvalue weighted by Gasteiger charge is 2.12. The number of aliphatic hydroxyl groups excluding tert-OH is 1. The third-order valence-electron chi connectivity index (χ3n) is 2.75. The quantitative estimate of drug-likeness (QED) is 0.863. The summed E-state index contributed by atoms with van der Waals surface area (Å²) in [4.78, 5) is 17.5. The normalized spacial score (nSPS) is 10.7. The van der Waals surface area contributed by atoms with Gasteiger partial charge in [-0.2, -0.15) is 0 Å². The number of aromatic nitrogens is 1. The Bertz CT molecular complexity index is 578. The van der Waals surface area contributed by atoms with E-state index in [0.29, 0.717) is 23.4 Å². The molecule has 1 N–H and O–H groups in total. The Kier molecular flexibility index (Phi) is 4.69. The van der Waals surface area contributed by atoms with Gasteiger partial charge in [0.25, 0.3) is 0 Å². The number of aliphatic hydroxyl groups is 1. The number of nitrogens with zero attached hydrogens (tertiary/aromatic N) is 1. The number of hydrogen-bond acceptors (Lipinski definition) is 4. The molecule has 0 aliphatic heterocycles. The maximum atomic E-state index is 12.1. The molecule has 1 heterocycles. The highest BCUT2D eigenvalue weighted by atomic mass is 35.5. The number of halogens is 1. The van der Waals surface area contributed by atoms with E-state index in [1.807, 2.05) is 6.92 Å². The zero-order valence-electron chi connectivity index (χ0n) is 10.5. The molecule has 1 aromatic carbocycles. The summed E-state index contributed by atoms with van der Waals surface area (Å²) in [5.74, 6) is 0.0287. The van der Waals surface area contributed by atoms with Crippen LogP contribution in [0.3, 0.4) is 0 Å². The molecular formula is C14H14ClNO2S. The molecule has 2 rings (SSSR count). The fourth-order valence-corrected chi connectivity index (χ4v) is 2.96. The average molecular weight is 296 g/mol. The maximum absolute atomic E-state index is 12.1. The lowest BCUT2D eigenvalue weighted by Gasteiger charge is -1.98. The molecule has 19 heavy (non-hydrogen) atoms. The van der Waals surface area contributed by atoms with Gasteiger partial charge in [0.05, 0.1) is 12.1 Å². The number of benzene rings is 1. The van der Waals surface area contributed by atoms with Crippen molar-refractivity contribution in [2.75, 3.05) is 6.61 Å². The van der Waals surface area contributed by atoms with Gasteiger partial charge < -0.3 is 5.11 Å². The molecular weight excluding hydrogens is 282 g/mol. The number of hydrogen-bond donors (Lipinski definition) is 1. The summed E-state index contributed by atoms with van der Waals surface area (Å²) in [7, 11) is 0. The zero-order chi connectivity index (χ0) is 13.8. The predicted octanol–water partition coefficient (Wildman–Crippen LogP) is 3.07. The van der Waals surface area contributed by atoms with E-state index in [-0.39, 0.29) is 12.4 Å². The Morgan fingerprint density at radius 1 is 1.37 bits per heavy atom. The van der Waals surface area contributed by atoms with Crippen molar-refractivity contribution in [1.29, 1.82) is 0 Å². The molecule has 0 spiro atoms. The van der Waals surface area contributed by atoms with E-state index in [4.69, 9.17) is 16.7 Å². The van der Waals surface area contributed by atoms with Crippen LogP contribution in [0.5, 0.6) is 0 Å². The topological polar surface area (TPSA) is 50.2 Å². The number of aryl methyl sites for hydroxylation is 1. The molecule has 0 aliphatic carbocycles. The van der Waals surface area contributed by atoms with Crippen molar-refractivity contribution < 1.29 is 9.90 Å². The van der Waals surface area contributed by atoms with Crippen LogP contribution in [-0.4, -0.2) is 22.5 Å². The molecule has 0 saturated carbocycles. The van der Waals surface area contributed by atoms with E-state index in [0.717, 1.165) is 15.6 Å². The SMILES string of the molecule is Cc1nc(CC(=O)c2ccc(Cl)cc2)sc1CCO. The number of thiazole rings is 1. The van der Waals surface area contributed by atoms with E-state index < -0.39 is 0 Å². The smallest absolute Gasteiger partial charge is 0.169 e. The third kappa shape index (κ3) is 3.62. The summed E-state index contributed by atoms with van der Waals surface area (Å²) >= 11 is 7.28. The van der Waals surface area contributed by atoms with E-state index in [9.17, 15) is 4.79 Å². The lowest BCUT2D eigenvalue weighted by atomic mass is 10.1. The average Bonchev–Trinajstić information content (AvgIpc) is 2.71.